The average molecular weight is 307 g/mol. The van der Waals surface area contributed by atoms with Gasteiger partial charge in [0, 0.05) is 36.2 Å². The Morgan fingerprint density at radius 2 is 1.81 bits per heavy atom. The summed E-state index contributed by atoms with van der Waals surface area (Å²) in [6.45, 7) is 13.8. The van der Waals surface area contributed by atoms with Crippen LogP contribution in [0.5, 0.6) is 0 Å². The number of rotatable bonds is 6. The normalized spacial score (nSPS) is 25.0. The maximum atomic E-state index is 3.65. The van der Waals surface area contributed by atoms with E-state index in [0.717, 1.165) is 17.0 Å². The van der Waals surface area contributed by atoms with Gasteiger partial charge in [-0.15, -0.1) is 0 Å². The van der Waals surface area contributed by atoms with E-state index in [1.54, 1.807) is 0 Å². The molecule has 1 heterocycles. The van der Waals surface area contributed by atoms with Gasteiger partial charge >= 0.3 is 0 Å². The standard InChI is InChI=1S/C18H30N2S/c1-5-19-18(17-8-6-14(2)7-9-17)10-11-20-12-15(3)21-16(4)13-20/h6-9,15-16,18-19H,5,10-13H2,1-4H3. The summed E-state index contributed by atoms with van der Waals surface area (Å²) in [7, 11) is 0. The van der Waals surface area contributed by atoms with Crippen LogP contribution in [0.15, 0.2) is 24.3 Å². The molecule has 0 bridgehead atoms. The van der Waals surface area contributed by atoms with Crippen LogP contribution >= 0.6 is 11.8 Å². The van der Waals surface area contributed by atoms with Gasteiger partial charge < -0.3 is 10.2 Å². The molecule has 0 amide bonds. The van der Waals surface area contributed by atoms with E-state index in [1.807, 2.05) is 0 Å². The summed E-state index contributed by atoms with van der Waals surface area (Å²) in [6.07, 6.45) is 1.20. The Labute approximate surface area is 134 Å². The van der Waals surface area contributed by atoms with Crippen LogP contribution in [0.4, 0.5) is 0 Å². The second-order valence-electron chi connectivity index (χ2n) is 6.33. The summed E-state index contributed by atoms with van der Waals surface area (Å²) in [4.78, 5) is 2.64. The molecule has 2 rings (SSSR count). The second-order valence-corrected chi connectivity index (χ2v) is 8.21. The van der Waals surface area contributed by atoms with Gasteiger partial charge in [-0.05, 0) is 25.5 Å². The number of hydrogen-bond acceptors (Lipinski definition) is 3. The van der Waals surface area contributed by atoms with Crippen LogP contribution in [0, 0.1) is 6.92 Å². The fourth-order valence-corrected chi connectivity index (χ4v) is 4.60. The molecule has 2 nitrogen and oxygen atoms in total. The van der Waals surface area contributed by atoms with Gasteiger partial charge in [-0.1, -0.05) is 50.6 Å². The quantitative estimate of drug-likeness (QED) is 0.859. The van der Waals surface area contributed by atoms with Crippen molar-refractivity contribution in [1.82, 2.24) is 10.2 Å². The van der Waals surface area contributed by atoms with Crippen LogP contribution in [0.25, 0.3) is 0 Å². The Hall–Kier alpha value is -0.510. The molecular formula is C18H30N2S. The molecule has 0 radical (unpaired) electrons. The monoisotopic (exact) mass is 306 g/mol. The molecule has 3 unspecified atom stereocenters. The van der Waals surface area contributed by atoms with E-state index in [2.05, 4.69) is 73.9 Å². The van der Waals surface area contributed by atoms with Crippen molar-refractivity contribution in [3.63, 3.8) is 0 Å². The summed E-state index contributed by atoms with van der Waals surface area (Å²) >= 11 is 2.13. The molecule has 21 heavy (non-hydrogen) atoms. The fraction of sp³-hybridized carbons (Fsp3) is 0.667. The molecule has 1 aliphatic rings. The lowest BCUT2D eigenvalue weighted by atomic mass is 10.0. The fourth-order valence-electron chi connectivity index (χ4n) is 3.21. The van der Waals surface area contributed by atoms with Crippen molar-refractivity contribution in [1.29, 1.82) is 0 Å². The molecule has 1 aromatic carbocycles. The summed E-state index contributed by atoms with van der Waals surface area (Å²) in [6, 6.07) is 9.48. The molecule has 0 saturated carbocycles. The third kappa shape index (κ3) is 5.32. The first kappa shape index (κ1) is 16.9. The lowest BCUT2D eigenvalue weighted by molar-refractivity contribution is 0.254. The molecule has 0 spiro atoms. The Kier molecular flexibility index (Phi) is 6.59. The van der Waals surface area contributed by atoms with Gasteiger partial charge in [-0.25, -0.2) is 0 Å². The zero-order chi connectivity index (χ0) is 15.2. The Morgan fingerprint density at radius 1 is 1.19 bits per heavy atom. The first-order valence-electron chi connectivity index (χ1n) is 8.26. The van der Waals surface area contributed by atoms with E-state index in [4.69, 9.17) is 0 Å². The van der Waals surface area contributed by atoms with Crippen LogP contribution in [-0.2, 0) is 0 Å². The predicted molar refractivity (Wildman–Crippen MR) is 95.2 cm³/mol. The van der Waals surface area contributed by atoms with Crippen molar-refractivity contribution in [3.05, 3.63) is 35.4 Å². The van der Waals surface area contributed by atoms with E-state index >= 15 is 0 Å². The summed E-state index contributed by atoms with van der Waals surface area (Å²) in [5.41, 5.74) is 2.76. The van der Waals surface area contributed by atoms with Crippen LogP contribution in [0.1, 0.15) is 44.4 Å². The SMILES string of the molecule is CCNC(CCN1CC(C)SC(C)C1)c1ccc(C)cc1. The van der Waals surface area contributed by atoms with Crippen LogP contribution < -0.4 is 5.32 Å². The van der Waals surface area contributed by atoms with Crippen molar-refractivity contribution in [2.45, 2.75) is 50.7 Å². The minimum absolute atomic E-state index is 0.482. The molecular weight excluding hydrogens is 276 g/mol. The van der Waals surface area contributed by atoms with Gasteiger partial charge in [-0.3, -0.25) is 0 Å². The predicted octanol–water partition coefficient (Wildman–Crippen LogP) is 3.86. The maximum absolute atomic E-state index is 3.65. The molecule has 1 aromatic rings. The van der Waals surface area contributed by atoms with Gasteiger partial charge in [0.1, 0.15) is 0 Å². The zero-order valence-electron chi connectivity index (χ0n) is 13.9. The highest BCUT2D eigenvalue weighted by Crippen LogP contribution is 2.26. The van der Waals surface area contributed by atoms with Crippen molar-refractivity contribution < 1.29 is 0 Å². The van der Waals surface area contributed by atoms with Crippen molar-refractivity contribution >= 4 is 11.8 Å². The van der Waals surface area contributed by atoms with Gasteiger partial charge in [0.05, 0.1) is 0 Å². The summed E-state index contributed by atoms with van der Waals surface area (Å²) < 4.78 is 0. The molecule has 1 saturated heterocycles. The number of nitrogens with one attached hydrogen (secondary N) is 1. The van der Waals surface area contributed by atoms with Gasteiger partial charge in [0.15, 0.2) is 0 Å². The highest BCUT2D eigenvalue weighted by atomic mass is 32.2. The van der Waals surface area contributed by atoms with E-state index in [-0.39, 0.29) is 0 Å². The van der Waals surface area contributed by atoms with E-state index in [0.29, 0.717) is 6.04 Å². The molecule has 0 aromatic heterocycles. The first-order chi connectivity index (χ1) is 10.1. The van der Waals surface area contributed by atoms with Crippen molar-refractivity contribution in [2.24, 2.45) is 0 Å². The number of thioether (sulfide) groups is 1. The van der Waals surface area contributed by atoms with E-state index < -0.39 is 0 Å². The molecule has 1 aliphatic heterocycles. The van der Waals surface area contributed by atoms with Crippen molar-refractivity contribution in [3.8, 4) is 0 Å². The average Bonchev–Trinajstić information content (AvgIpc) is 2.43. The first-order valence-corrected chi connectivity index (χ1v) is 9.20. The van der Waals surface area contributed by atoms with Gasteiger partial charge in [0.2, 0.25) is 0 Å². The Morgan fingerprint density at radius 3 is 2.38 bits per heavy atom. The number of aryl methyl sites for hydroxylation is 1. The molecule has 0 aliphatic carbocycles. The van der Waals surface area contributed by atoms with Gasteiger partial charge in [0.25, 0.3) is 0 Å². The minimum Gasteiger partial charge on any atom is -0.310 e. The minimum atomic E-state index is 0.482. The molecule has 3 atom stereocenters. The van der Waals surface area contributed by atoms with Crippen LogP contribution in [-0.4, -0.2) is 41.6 Å². The van der Waals surface area contributed by atoms with E-state index in [1.165, 1.54) is 37.2 Å². The summed E-state index contributed by atoms with van der Waals surface area (Å²) in [5.74, 6) is 0. The Bertz CT molecular complexity index is 408. The number of nitrogens with zero attached hydrogens (tertiary/aromatic N) is 1. The number of benzene rings is 1. The van der Waals surface area contributed by atoms with Crippen molar-refractivity contribution in [2.75, 3.05) is 26.2 Å². The third-order valence-corrected chi connectivity index (χ3v) is 5.39. The summed E-state index contributed by atoms with van der Waals surface area (Å²) in [5, 5.41) is 5.19. The number of hydrogen-bond donors (Lipinski definition) is 1. The Balaban J connectivity index is 1.92. The molecule has 3 heteroatoms. The van der Waals surface area contributed by atoms with E-state index in [9.17, 15) is 0 Å². The maximum Gasteiger partial charge on any atom is 0.0332 e. The topological polar surface area (TPSA) is 15.3 Å². The highest BCUT2D eigenvalue weighted by Gasteiger charge is 2.22. The third-order valence-electron chi connectivity index (χ3n) is 4.16. The van der Waals surface area contributed by atoms with Crippen LogP contribution in [0.2, 0.25) is 0 Å². The van der Waals surface area contributed by atoms with Gasteiger partial charge in [-0.2, -0.15) is 11.8 Å². The second kappa shape index (κ2) is 8.21. The molecule has 1 N–H and O–H groups in total. The molecule has 118 valence electrons. The lowest BCUT2D eigenvalue weighted by Crippen LogP contribution is -2.41. The lowest BCUT2D eigenvalue weighted by Gasteiger charge is -2.35. The molecule has 1 fully saturated rings. The van der Waals surface area contributed by atoms with Crippen LogP contribution in [0.3, 0.4) is 0 Å². The highest BCUT2D eigenvalue weighted by molar-refractivity contribution is 8.00. The smallest absolute Gasteiger partial charge is 0.0332 e. The zero-order valence-corrected chi connectivity index (χ0v) is 14.7. The largest absolute Gasteiger partial charge is 0.310 e.